The van der Waals surface area contributed by atoms with Gasteiger partial charge >= 0.3 is 0 Å². The van der Waals surface area contributed by atoms with Gasteiger partial charge in [0.15, 0.2) is 11.8 Å². The van der Waals surface area contributed by atoms with Gasteiger partial charge in [0.2, 0.25) is 5.89 Å². The van der Waals surface area contributed by atoms with Gasteiger partial charge in [-0.15, -0.1) is 0 Å². The maximum Gasteiger partial charge on any atom is 0.246 e. The quantitative estimate of drug-likeness (QED) is 0.520. The van der Waals surface area contributed by atoms with Crippen LogP contribution in [0.2, 0.25) is 0 Å². The highest BCUT2D eigenvalue weighted by molar-refractivity contribution is 5.79. The van der Waals surface area contributed by atoms with Gasteiger partial charge in [0.25, 0.3) is 0 Å². The summed E-state index contributed by atoms with van der Waals surface area (Å²) in [6, 6.07) is 11.0. The fourth-order valence-corrected chi connectivity index (χ4v) is 3.54. The second-order valence-corrected chi connectivity index (χ2v) is 7.27. The van der Waals surface area contributed by atoms with E-state index in [-0.39, 0.29) is 6.10 Å². The number of likely N-dealkylation sites (tertiary alicyclic amines) is 1. The lowest BCUT2D eigenvalue weighted by Gasteiger charge is -2.33. The van der Waals surface area contributed by atoms with Crippen molar-refractivity contribution in [2.75, 3.05) is 26.7 Å². The van der Waals surface area contributed by atoms with Gasteiger partial charge in [-0.25, -0.2) is 0 Å². The summed E-state index contributed by atoms with van der Waals surface area (Å²) in [4.78, 5) is 11.2. The van der Waals surface area contributed by atoms with Crippen LogP contribution in [0.3, 0.4) is 0 Å². The normalized spacial score (nSPS) is 19.1. The lowest BCUT2D eigenvalue weighted by atomic mass is 10.0. The number of nitrogens with zero attached hydrogens (tertiary/aromatic N) is 4. The molecule has 1 aliphatic rings. The summed E-state index contributed by atoms with van der Waals surface area (Å²) >= 11 is 0. The van der Waals surface area contributed by atoms with Gasteiger partial charge in [-0.2, -0.15) is 4.98 Å². The molecule has 1 aliphatic heterocycles. The van der Waals surface area contributed by atoms with Gasteiger partial charge in [-0.3, -0.25) is 9.89 Å². The van der Waals surface area contributed by atoms with Crippen molar-refractivity contribution < 1.29 is 9.26 Å². The lowest BCUT2D eigenvalue weighted by molar-refractivity contribution is 0.0683. The van der Waals surface area contributed by atoms with Crippen LogP contribution in [0.1, 0.15) is 50.1 Å². The maximum atomic E-state index is 5.49. The molecule has 0 saturated carbocycles. The zero-order valence-corrected chi connectivity index (χ0v) is 17.6. The minimum absolute atomic E-state index is 0.173. The second-order valence-electron chi connectivity index (χ2n) is 7.27. The predicted molar refractivity (Wildman–Crippen MR) is 112 cm³/mol. The molecule has 2 heterocycles. The molecule has 1 aromatic heterocycles. The Labute approximate surface area is 172 Å². The van der Waals surface area contributed by atoms with Crippen LogP contribution >= 0.6 is 0 Å². The standard InChI is InChI=1S/C21H32N6O2/c1-4-28-16(2)20-25-19(29-26-20)13-23-21(22-3)24-18-11-8-12-27(15-18)14-17-9-6-5-7-10-17/h5-7,9-10,16,18H,4,8,11-15H2,1-3H3,(H2,22,23,24). The van der Waals surface area contributed by atoms with Crippen LogP contribution in [0.4, 0.5) is 0 Å². The van der Waals surface area contributed by atoms with E-state index in [1.54, 1.807) is 7.05 Å². The summed E-state index contributed by atoms with van der Waals surface area (Å²) in [6.07, 6.45) is 2.12. The molecular weight excluding hydrogens is 368 g/mol. The molecule has 0 bridgehead atoms. The molecule has 158 valence electrons. The van der Waals surface area contributed by atoms with Gasteiger partial charge in [0.1, 0.15) is 6.10 Å². The molecule has 1 fully saturated rings. The van der Waals surface area contributed by atoms with Crippen LogP contribution in [0.5, 0.6) is 0 Å². The number of nitrogens with one attached hydrogen (secondary N) is 2. The van der Waals surface area contributed by atoms with Gasteiger partial charge in [0.05, 0.1) is 6.54 Å². The number of aliphatic imine (C=N–C) groups is 1. The molecule has 8 nitrogen and oxygen atoms in total. The fourth-order valence-electron chi connectivity index (χ4n) is 3.54. The Hall–Kier alpha value is -2.45. The summed E-state index contributed by atoms with van der Waals surface area (Å²) in [7, 11) is 1.77. The highest BCUT2D eigenvalue weighted by Gasteiger charge is 2.21. The number of rotatable bonds is 8. The number of hydrogen-bond donors (Lipinski definition) is 2. The van der Waals surface area contributed by atoms with Crippen LogP contribution in [-0.4, -0.2) is 53.8 Å². The van der Waals surface area contributed by atoms with E-state index in [9.17, 15) is 0 Å². The zero-order chi connectivity index (χ0) is 20.5. The number of aromatic nitrogens is 2. The molecule has 0 aliphatic carbocycles. The fraction of sp³-hybridized carbons (Fsp3) is 0.571. The van der Waals surface area contributed by atoms with Gasteiger partial charge in [-0.1, -0.05) is 35.5 Å². The third-order valence-corrected chi connectivity index (χ3v) is 4.99. The first-order valence-electron chi connectivity index (χ1n) is 10.4. The summed E-state index contributed by atoms with van der Waals surface area (Å²) in [5.74, 6) is 1.83. The van der Waals surface area contributed by atoms with Crippen molar-refractivity contribution in [1.82, 2.24) is 25.7 Å². The predicted octanol–water partition coefficient (Wildman–Crippen LogP) is 2.50. The van der Waals surface area contributed by atoms with Gasteiger partial charge in [-0.05, 0) is 38.8 Å². The molecule has 1 aromatic carbocycles. The van der Waals surface area contributed by atoms with Gasteiger partial charge in [0, 0.05) is 32.8 Å². The number of piperidine rings is 1. The third kappa shape index (κ3) is 6.54. The zero-order valence-electron chi connectivity index (χ0n) is 17.6. The van der Waals surface area contributed by atoms with E-state index in [1.165, 1.54) is 12.0 Å². The molecular formula is C21H32N6O2. The van der Waals surface area contributed by atoms with E-state index in [0.29, 0.717) is 30.9 Å². The average molecular weight is 401 g/mol. The van der Waals surface area contributed by atoms with Gasteiger partial charge < -0.3 is 19.9 Å². The van der Waals surface area contributed by atoms with Crippen molar-refractivity contribution in [3.63, 3.8) is 0 Å². The Kier molecular flexibility index (Phi) is 8.01. The third-order valence-electron chi connectivity index (χ3n) is 4.99. The van der Waals surface area contributed by atoms with E-state index in [4.69, 9.17) is 9.26 Å². The van der Waals surface area contributed by atoms with Crippen molar-refractivity contribution in [3.8, 4) is 0 Å². The molecule has 0 spiro atoms. The molecule has 2 unspecified atom stereocenters. The van der Waals surface area contributed by atoms with Crippen molar-refractivity contribution >= 4 is 5.96 Å². The molecule has 29 heavy (non-hydrogen) atoms. The summed E-state index contributed by atoms with van der Waals surface area (Å²) in [6.45, 7) is 7.99. The SMILES string of the molecule is CCOC(C)c1noc(CNC(=NC)NC2CCCN(Cc3ccccc3)C2)n1. The van der Waals surface area contributed by atoms with Crippen LogP contribution in [0.15, 0.2) is 39.8 Å². The minimum atomic E-state index is -0.173. The second kappa shape index (κ2) is 10.9. The van der Waals surface area contributed by atoms with E-state index < -0.39 is 0 Å². The largest absolute Gasteiger partial charge is 0.371 e. The van der Waals surface area contributed by atoms with Crippen molar-refractivity contribution in [2.24, 2.45) is 4.99 Å². The van der Waals surface area contributed by atoms with Crippen molar-refractivity contribution in [1.29, 1.82) is 0 Å². The molecule has 2 atom stereocenters. The van der Waals surface area contributed by atoms with E-state index in [1.807, 2.05) is 13.8 Å². The smallest absolute Gasteiger partial charge is 0.246 e. The summed E-state index contributed by atoms with van der Waals surface area (Å²) in [5, 5.41) is 10.8. The highest BCUT2D eigenvalue weighted by atomic mass is 16.5. The Morgan fingerprint density at radius 2 is 2.21 bits per heavy atom. The first-order valence-corrected chi connectivity index (χ1v) is 10.4. The first-order chi connectivity index (χ1) is 14.2. The number of ether oxygens (including phenoxy) is 1. The van der Waals surface area contributed by atoms with Crippen LogP contribution in [0.25, 0.3) is 0 Å². The Balaban J connectivity index is 1.47. The highest BCUT2D eigenvalue weighted by Crippen LogP contribution is 2.14. The molecule has 8 heteroatoms. The number of benzene rings is 1. The molecule has 1 saturated heterocycles. The number of guanidine groups is 1. The summed E-state index contributed by atoms with van der Waals surface area (Å²) < 4.78 is 10.8. The van der Waals surface area contributed by atoms with E-state index in [2.05, 4.69) is 61.0 Å². The Morgan fingerprint density at radius 1 is 1.38 bits per heavy atom. The monoisotopic (exact) mass is 400 g/mol. The first kappa shape index (κ1) is 21.3. The average Bonchev–Trinajstić information content (AvgIpc) is 3.21. The minimum Gasteiger partial charge on any atom is -0.371 e. The van der Waals surface area contributed by atoms with Crippen LogP contribution in [-0.2, 0) is 17.8 Å². The Morgan fingerprint density at radius 3 is 2.97 bits per heavy atom. The summed E-state index contributed by atoms with van der Waals surface area (Å²) in [5.41, 5.74) is 1.35. The van der Waals surface area contributed by atoms with Crippen molar-refractivity contribution in [3.05, 3.63) is 47.6 Å². The molecule has 2 N–H and O–H groups in total. The molecule has 3 rings (SSSR count). The van der Waals surface area contributed by atoms with Crippen LogP contribution in [0, 0.1) is 0 Å². The molecule has 0 amide bonds. The Bertz CT molecular complexity index is 764. The maximum absolute atomic E-state index is 5.49. The van der Waals surface area contributed by atoms with E-state index >= 15 is 0 Å². The van der Waals surface area contributed by atoms with Crippen LogP contribution < -0.4 is 10.6 Å². The molecule has 2 aromatic rings. The number of hydrogen-bond acceptors (Lipinski definition) is 6. The molecule has 0 radical (unpaired) electrons. The topological polar surface area (TPSA) is 87.8 Å². The lowest BCUT2D eigenvalue weighted by Crippen LogP contribution is -2.50. The van der Waals surface area contributed by atoms with Crippen molar-refractivity contribution in [2.45, 2.75) is 51.9 Å². The van der Waals surface area contributed by atoms with E-state index in [0.717, 1.165) is 32.0 Å².